The van der Waals surface area contributed by atoms with Crippen molar-refractivity contribution in [1.82, 2.24) is 9.55 Å². The van der Waals surface area contributed by atoms with E-state index in [0.29, 0.717) is 18.9 Å². The molecule has 1 aromatic heterocycles. The molecule has 2 rings (SSSR count). The quantitative estimate of drug-likeness (QED) is 0.725. The SMILES string of the molecule is CCOC(C(=O)Cc1nccn1CC)C1CC1. The van der Waals surface area contributed by atoms with Gasteiger partial charge in [-0.3, -0.25) is 4.79 Å². The third-order valence-corrected chi connectivity index (χ3v) is 3.19. The zero-order chi connectivity index (χ0) is 12.3. The zero-order valence-corrected chi connectivity index (χ0v) is 10.6. The molecule has 4 nitrogen and oxygen atoms in total. The zero-order valence-electron chi connectivity index (χ0n) is 10.6. The molecule has 0 spiro atoms. The summed E-state index contributed by atoms with van der Waals surface area (Å²) >= 11 is 0. The number of rotatable bonds is 7. The Morgan fingerprint density at radius 1 is 1.59 bits per heavy atom. The Hall–Kier alpha value is -1.16. The molecule has 0 radical (unpaired) electrons. The van der Waals surface area contributed by atoms with Crippen LogP contribution < -0.4 is 0 Å². The van der Waals surface area contributed by atoms with Crippen LogP contribution in [-0.2, 0) is 22.5 Å². The number of aromatic nitrogens is 2. The summed E-state index contributed by atoms with van der Waals surface area (Å²) in [6, 6.07) is 0. The number of Topliss-reactive ketones (excluding diaryl/α,β-unsaturated/α-hetero) is 1. The first-order valence-electron chi connectivity index (χ1n) is 6.40. The molecule has 1 atom stereocenters. The minimum Gasteiger partial charge on any atom is -0.370 e. The second-order valence-corrected chi connectivity index (χ2v) is 4.49. The predicted molar refractivity (Wildman–Crippen MR) is 64.8 cm³/mol. The summed E-state index contributed by atoms with van der Waals surface area (Å²) in [5.41, 5.74) is 0. The Balaban J connectivity index is 1.99. The molecule has 1 unspecified atom stereocenters. The first-order valence-corrected chi connectivity index (χ1v) is 6.40. The summed E-state index contributed by atoms with van der Waals surface area (Å²) in [5.74, 6) is 1.48. The van der Waals surface area contributed by atoms with E-state index in [9.17, 15) is 4.79 Å². The average Bonchev–Trinajstić information content (AvgIpc) is 3.06. The van der Waals surface area contributed by atoms with Gasteiger partial charge in [0.1, 0.15) is 11.9 Å². The summed E-state index contributed by atoms with van der Waals surface area (Å²) < 4.78 is 7.57. The van der Waals surface area contributed by atoms with Crippen molar-refractivity contribution in [3.05, 3.63) is 18.2 Å². The maximum atomic E-state index is 12.2. The number of aryl methyl sites for hydroxylation is 1. The monoisotopic (exact) mass is 236 g/mol. The molecule has 1 heterocycles. The largest absolute Gasteiger partial charge is 0.370 e. The van der Waals surface area contributed by atoms with E-state index in [1.54, 1.807) is 6.20 Å². The van der Waals surface area contributed by atoms with Crippen LogP contribution in [0, 0.1) is 5.92 Å². The lowest BCUT2D eigenvalue weighted by atomic mass is 10.1. The molecule has 1 aliphatic carbocycles. The van der Waals surface area contributed by atoms with Gasteiger partial charge in [-0.2, -0.15) is 0 Å². The van der Waals surface area contributed by atoms with Crippen LogP contribution in [0.1, 0.15) is 32.5 Å². The van der Waals surface area contributed by atoms with Crippen molar-refractivity contribution in [2.75, 3.05) is 6.61 Å². The Kier molecular flexibility index (Phi) is 3.94. The highest BCUT2D eigenvalue weighted by atomic mass is 16.5. The fraction of sp³-hybridized carbons (Fsp3) is 0.692. The highest BCUT2D eigenvalue weighted by Crippen LogP contribution is 2.35. The Morgan fingerprint density at radius 3 is 2.94 bits per heavy atom. The van der Waals surface area contributed by atoms with Gasteiger partial charge in [0, 0.05) is 25.5 Å². The molecule has 1 aliphatic rings. The Morgan fingerprint density at radius 2 is 2.35 bits per heavy atom. The van der Waals surface area contributed by atoms with Crippen molar-refractivity contribution in [3.8, 4) is 0 Å². The van der Waals surface area contributed by atoms with Crippen LogP contribution in [0.3, 0.4) is 0 Å². The summed E-state index contributed by atoms with van der Waals surface area (Å²) in [6.45, 7) is 5.45. The van der Waals surface area contributed by atoms with Gasteiger partial charge in [-0.25, -0.2) is 4.98 Å². The van der Waals surface area contributed by atoms with E-state index in [1.165, 1.54) is 0 Å². The van der Waals surface area contributed by atoms with Gasteiger partial charge in [0.15, 0.2) is 5.78 Å². The van der Waals surface area contributed by atoms with Gasteiger partial charge in [-0.05, 0) is 32.6 Å². The average molecular weight is 236 g/mol. The summed E-state index contributed by atoms with van der Waals surface area (Å²) in [5, 5.41) is 0. The number of hydrogen-bond donors (Lipinski definition) is 0. The van der Waals surface area contributed by atoms with Gasteiger partial charge in [-0.1, -0.05) is 0 Å². The minimum atomic E-state index is -0.206. The van der Waals surface area contributed by atoms with Crippen molar-refractivity contribution in [2.45, 2.75) is 45.8 Å². The highest BCUT2D eigenvalue weighted by molar-refractivity contribution is 5.85. The fourth-order valence-corrected chi connectivity index (χ4v) is 2.12. The van der Waals surface area contributed by atoms with Gasteiger partial charge < -0.3 is 9.30 Å². The lowest BCUT2D eigenvalue weighted by molar-refractivity contribution is -0.131. The summed E-state index contributed by atoms with van der Waals surface area (Å²) in [6.07, 6.45) is 6.09. The van der Waals surface area contributed by atoms with Crippen LogP contribution in [0.25, 0.3) is 0 Å². The Bertz CT molecular complexity index is 383. The van der Waals surface area contributed by atoms with E-state index in [-0.39, 0.29) is 11.9 Å². The number of imidazole rings is 1. The second-order valence-electron chi connectivity index (χ2n) is 4.49. The van der Waals surface area contributed by atoms with E-state index in [4.69, 9.17) is 4.74 Å². The molecule has 0 aromatic carbocycles. The molecule has 0 aliphatic heterocycles. The minimum absolute atomic E-state index is 0.176. The van der Waals surface area contributed by atoms with E-state index < -0.39 is 0 Å². The number of ether oxygens (including phenoxy) is 1. The van der Waals surface area contributed by atoms with Crippen LogP contribution in [-0.4, -0.2) is 28.0 Å². The third-order valence-electron chi connectivity index (χ3n) is 3.19. The number of hydrogen-bond acceptors (Lipinski definition) is 3. The lowest BCUT2D eigenvalue weighted by Crippen LogP contribution is -2.29. The molecule has 1 fully saturated rings. The number of nitrogens with zero attached hydrogens (tertiary/aromatic N) is 2. The second kappa shape index (κ2) is 5.45. The topological polar surface area (TPSA) is 44.1 Å². The molecule has 17 heavy (non-hydrogen) atoms. The van der Waals surface area contributed by atoms with Crippen molar-refractivity contribution >= 4 is 5.78 Å². The third kappa shape index (κ3) is 2.94. The molecular formula is C13H20N2O2. The first-order chi connectivity index (χ1) is 8.26. The van der Waals surface area contributed by atoms with Crippen molar-refractivity contribution in [1.29, 1.82) is 0 Å². The number of ketones is 1. The van der Waals surface area contributed by atoms with E-state index >= 15 is 0 Å². The van der Waals surface area contributed by atoms with Crippen LogP contribution >= 0.6 is 0 Å². The molecule has 1 aromatic rings. The maximum absolute atomic E-state index is 12.2. The van der Waals surface area contributed by atoms with E-state index in [2.05, 4.69) is 11.9 Å². The molecule has 4 heteroatoms. The van der Waals surface area contributed by atoms with E-state index in [1.807, 2.05) is 17.7 Å². The van der Waals surface area contributed by atoms with Crippen LogP contribution in [0.4, 0.5) is 0 Å². The van der Waals surface area contributed by atoms with Gasteiger partial charge in [-0.15, -0.1) is 0 Å². The van der Waals surface area contributed by atoms with Gasteiger partial charge in [0.05, 0.1) is 6.42 Å². The van der Waals surface area contributed by atoms with Crippen molar-refractivity contribution in [2.24, 2.45) is 5.92 Å². The molecule has 0 amide bonds. The highest BCUT2D eigenvalue weighted by Gasteiger charge is 2.36. The molecule has 0 bridgehead atoms. The molecular weight excluding hydrogens is 216 g/mol. The van der Waals surface area contributed by atoms with Crippen molar-refractivity contribution in [3.63, 3.8) is 0 Å². The first kappa shape index (κ1) is 12.3. The summed E-state index contributed by atoms with van der Waals surface area (Å²) in [4.78, 5) is 16.4. The fourth-order valence-electron chi connectivity index (χ4n) is 2.12. The van der Waals surface area contributed by atoms with Gasteiger partial charge >= 0.3 is 0 Å². The smallest absolute Gasteiger partial charge is 0.169 e. The molecule has 94 valence electrons. The van der Waals surface area contributed by atoms with Crippen molar-refractivity contribution < 1.29 is 9.53 Å². The van der Waals surface area contributed by atoms with Gasteiger partial charge in [0.2, 0.25) is 0 Å². The van der Waals surface area contributed by atoms with Crippen LogP contribution in [0.2, 0.25) is 0 Å². The predicted octanol–water partition coefficient (Wildman–Crippen LogP) is 1.83. The standard InChI is InChI=1S/C13H20N2O2/c1-3-15-8-7-14-12(15)9-11(16)13(17-4-2)10-5-6-10/h7-8,10,13H,3-6,9H2,1-2H3. The van der Waals surface area contributed by atoms with E-state index in [0.717, 1.165) is 25.2 Å². The maximum Gasteiger partial charge on any atom is 0.169 e. The normalized spacial score (nSPS) is 17.1. The molecule has 1 saturated carbocycles. The lowest BCUT2D eigenvalue weighted by Gasteiger charge is -2.15. The molecule has 0 saturated heterocycles. The van der Waals surface area contributed by atoms with Gasteiger partial charge in [0.25, 0.3) is 0 Å². The summed E-state index contributed by atoms with van der Waals surface area (Å²) in [7, 11) is 0. The number of carbonyl (C=O) groups excluding carboxylic acids is 1. The molecule has 0 N–H and O–H groups in total. The van der Waals surface area contributed by atoms with Crippen LogP contribution in [0.15, 0.2) is 12.4 Å². The van der Waals surface area contributed by atoms with Crippen LogP contribution in [0.5, 0.6) is 0 Å². The Labute approximate surface area is 102 Å². The number of carbonyl (C=O) groups is 1.